The molecule has 0 aliphatic rings. The molecule has 0 bridgehead atoms. The first-order valence-electron chi connectivity index (χ1n) is 8.44. The molecule has 25 heavy (non-hydrogen) atoms. The number of ether oxygens (including phenoxy) is 1. The van der Waals surface area contributed by atoms with Crippen LogP contribution in [0.15, 0.2) is 5.38 Å². The lowest BCUT2D eigenvalue weighted by atomic mass is 10.2. The largest absolute Gasteiger partial charge is 0.444 e. The number of aromatic nitrogens is 1. The Morgan fingerprint density at radius 2 is 2.04 bits per heavy atom. The molecule has 1 rings (SSSR count). The summed E-state index contributed by atoms with van der Waals surface area (Å²) >= 11 is 1.46. The first kappa shape index (κ1) is 21.4. The van der Waals surface area contributed by atoms with E-state index in [0.29, 0.717) is 24.8 Å². The topological polar surface area (TPSA) is 74.8 Å². The summed E-state index contributed by atoms with van der Waals surface area (Å²) in [7, 11) is 1.73. The second-order valence-corrected chi connectivity index (χ2v) is 7.79. The van der Waals surface area contributed by atoms with Crippen LogP contribution in [0.4, 0.5) is 9.93 Å². The number of nitrogens with zero attached hydrogens (tertiary/aromatic N) is 3. The lowest BCUT2D eigenvalue weighted by Gasteiger charge is -2.28. The number of carbonyl (C=O) groups is 2. The Balaban J connectivity index is 2.48. The van der Waals surface area contributed by atoms with Crippen molar-refractivity contribution in [1.29, 1.82) is 0 Å². The van der Waals surface area contributed by atoms with Crippen molar-refractivity contribution in [2.45, 2.75) is 59.7 Å². The van der Waals surface area contributed by atoms with E-state index in [-0.39, 0.29) is 18.0 Å². The zero-order chi connectivity index (χ0) is 19.2. The van der Waals surface area contributed by atoms with Gasteiger partial charge < -0.3 is 15.0 Å². The normalized spacial score (nSPS) is 12.6. The van der Waals surface area contributed by atoms with Crippen molar-refractivity contribution in [2.24, 2.45) is 0 Å². The second-order valence-electron chi connectivity index (χ2n) is 6.96. The summed E-state index contributed by atoms with van der Waals surface area (Å²) in [4.78, 5) is 31.3. The molecule has 7 nitrogen and oxygen atoms in total. The van der Waals surface area contributed by atoms with Crippen molar-refractivity contribution in [3.63, 3.8) is 0 Å². The molecule has 142 valence electrons. The summed E-state index contributed by atoms with van der Waals surface area (Å²) in [5, 5.41) is 5.95. The molecule has 1 atom stereocenters. The predicted octanol–water partition coefficient (Wildman–Crippen LogP) is 2.86. The van der Waals surface area contributed by atoms with Crippen LogP contribution in [0.5, 0.6) is 0 Å². The van der Waals surface area contributed by atoms with Crippen LogP contribution >= 0.6 is 11.3 Å². The predicted molar refractivity (Wildman–Crippen MR) is 101 cm³/mol. The number of thiazole rings is 1. The Morgan fingerprint density at radius 3 is 2.56 bits per heavy atom. The van der Waals surface area contributed by atoms with Crippen LogP contribution in [-0.4, -0.2) is 53.7 Å². The molecule has 2 amide bonds. The van der Waals surface area contributed by atoms with E-state index < -0.39 is 5.60 Å². The molecule has 0 fully saturated rings. The fourth-order valence-electron chi connectivity index (χ4n) is 2.05. The van der Waals surface area contributed by atoms with E-state index in [1.54, 1.807) is 16.8 Å². The number of nitrogens with one attached hydrogen (secondary N) is 1. The van der Waals surface area contributed by atoms with E-state index in [1.807, 2.05) is 40.0 Å². The molecule has 1 unspecified atom stereocenters. The van der Waals surface area contributed by atoms with E-state index in [4.69, 9.17) is 4.74 Å². The summed E-state index contributed by atoms with van der Waals surface area (Å²) in [6.45, 7) is 12.8. The van der Waals surface area contributed by atoms with E-state index in [9.17, 15) is 9.59 Å². The third-order valence-electron chi connectivity index (χ3n) is 3.56. The average Bonchev–Trinajstić information content (AvgIpc) is 2.93. The fraction of sp³-hybridized carbons (Fsp3) is 0.706. The van der Waals surface area contributed by atoms with Crippen LogP contribution in [0.1, 0.15) is 47.2 Å². The molecule has 0 spiro atoms. The first-order chi connectivity index (χ1) is 11.5. The number of likely N-dealkylation sites (N-methyl/N-ethyl adjacent to an activating group) is 1. The van der Waals surface area contributed by atoms with Gasteiger partial charge in [-0.3, -0.25) is 9.69 Å². The van der Waals surface area contributed by atoms with Gasteiger partial charge in [-0.05, 0) is 34.6 Å². The van der Waals surface area contributed by atoms with Gasteiger partial charge in [0.2, 0.25) is 5.91 Å². The molecule has 1 N–H and O–H groups in total. The minimum atomic E-state index is -0.503. The van der Waals surface area contributed by atoms with Gasteiger partial charge in [0.25, 0.3) is 0 Å². The maximum Gasteiger partial charge on any atom is 0.410 e. The van der Waals surface area contributed by atoms with Crippen molar-refractivity contribution in [2.75, 3.05) is 25.0 Å². The monoisotopic (exact) mass is 370 g/mol. The van der Waals surface area contributed by atoms with Crippen molar-refractivity contribution >= 4 is 28.5 Å². The molecule has 1 aromatic rings. The van der Waals surface area contributed by atoms with E-state index >= 15 is 0 Å². The SMILES string of the molecule is CCN(C(C)=O)c1nc(CNCC(C)N(C)C(=O)OC(C)(C)C)cs1. The Morgan fingerprint density at radius 1 is 1.40 bits per heavy atom. The summed E-state index contributed by atoms with van der Waals surface area (Å²) < 4.78 is 5.36. The number of hydrogen-bond acceptors (Lipinski definition) is 6. The average molecular weight is 371 g/mol. The zero-order valence-corrected chi connectivity index (χ0v) is 17.1. The molecule has 1 aromatic heterocycles. The molecule has 0 radical (unpaired) electrons. The van der Waals surface area contributed by atoms with Gasteiger partial charge in [0.1, 0.15) is 5.60 Å². The highest BCUT2D eigenvalue weighted by Gasteiger charge is 2.22. The highest BCUT2D eigenvalue weighted by atomic mass is 32.1. The van der Waals surface area contributed by atoms with E-state index in [2.05, 4.69) is 10.3 Å². The van der Waals surface area contributed by atoms with Gasteiger partial charge in [-0.25, -0.2) is 9.78 Å². The lowest BCUT2D eigenvalue weighted by molar-refractivity contribution is -0.116. The standard InChI is InChI=1S/C17H30N4O3S/c1-8-21(13(3)22)15-19-14(11-25-15)10-18-9-12(2)20(7)16(23)24-17(4,5)6/h11-12,18H,8-10H2,1-7H3. The summed E-state index contributed by atoms with van der Waals surface area (Å²) in [5.74, 6) is -0.0102. The highest BCUT2D eigenvalue weighted by Crippen LogP contribution is 2.20. The summed E-state index contributed by atoms with van der Waals surface area (Å²) in [6.07, 6.45) is -0.335. The number of anilines is 1. The van der Waals surface area contributed by atoms with Crippen LogP contribution in [-0.2, 0) is 16.1 Å². The number of rotatable bonds is 7. The summed E-state index contributed by atoms with van der Waals surface area (Å²) in [6, 6.07) is -0.0164. The van der Waals surface area contributed by atoms with E-state index in [1.165, 1.54) is 18.3 Å². The quantitative estimate of drug-likeness (QED) is 0.799. The molecule has 8 heteroatoms. The van der Waals surface area contributed by atoms with Gasteiger partial charge in [-0.2, -0.15) is 0 Å². The van der Waals surface area contributed by atoms with Gasteiger partial charge in [0.15, 0.2) is 5.13 Å². The van der Waals surface area contributed by atoms with Crippen LogP contribution in [0, 0.1) is 0 Å². The van der Waals surface area contributed by atoms with Gasteiger partial charge in [-0.15, -0.1) is 11.3 Å². The van der Waals surface area contributed by atoms with Gasteiger partial charge in [-0.1, -0.05) is 0 Å². The minimum Gasteiger partial charge on any atom is -0.444 e. The van der Waals surface area contributed by atoms with Crippen LogP contribution < -0.4 is 10.2 Å². The summed E-state index contributed by atoms with van der Waals surface area (Å²) in [5.41, 5.74) is 0.379. The molecule has 0 aliphatic carbocycles. The Hall–Kier alpha value is -1.67. The Bertz CT molecular complexity index is 583. The van der Waals surface area contributed by atoms with Crippen molar-refractivity contribution in [3.05, 3.63) is 11.1 Å². The number of amides is 2. The number of hydrogen-bond donors (Lipinski definition) is 1. The van der Waals surface area contributed by atoms with Crippen molar-refractivity contribution < 1.29 is 14.3 Å². The van der Waals surface area contributed by atoms with Gasteiger partial charge in [0.05, 0.1) is 5.69 Å². The smallest absolute Gasteiger partial charge is 0.410 e. The lowest BCUT2D eigenvalue weighted by Crippen LogP contribution is -2.43. The molecule has 1 heterocycles. The van der Waals surface area contributed by atoms with Crippen LogP contribution in [0.3, 0.4) is 0 Å². The third kappa shape index (κ3) is 6.99. The molecule has 0 aromatic carbocycles. The number of carbonyl (C=O) groups excluding carboxylic acids is 2. The van der Waals surface area contributed by atoms with Crippen LogP contribution in [0.25, 0.3) is 0 Å². The Kier molecular flexibility index (Phi) is 7.82. The third-order valence-corrected chi connectivity index (χ3v) is 4.47. The van der Waals surface area contributed by atoms with Crippen LogP contribution in [0.2, 0.25) is 0 Å². The highest BCUT2D eigenvalue weighted by molar-refractivity contribution is 7.14. The molecule has 0 aliphatic heterocycles. The van der Waals surface area contributed by atoms with E-state index in [0.717, 1.165) is 5.69 Å². The zero-order valence-electron chi connectivity index (χ0n) is 16.3. The van der Waals surface area contributed by atoms with Crippen molar-refractivity contribution in [3.8, 4) is 0 Å². The maximum absolute atomic E-state index is 12.0. The maximum atomic E-state index is 12.0. The fourth-order valence-corrected chi connectivity index (χ4v) is 2.99. The Labute approximate surface area is 154 Å². The van der Waals surface area contributed by atoms with Gasteiger partial charge in [0, 0.05) is 45.0 Å². The first-order valence-corrected chi connectivity index (χ1v) is 9.32. The molecule has 0 saturated carbocycles. The second kappa shape index (κ2) is 9.15. The van der Waals surface area contributed by atoms with Crippen molar-refractivity contribution in [1.82, 2.24) is 15.2 Å². The van der Waals surface area contributed by atoms with Gasteiger partial charge >= 0.3 is 6.09 Å². The molecular formula is C17H30N4O3S. The molecular weight excluding hydrogens is 340 g/mol. The minimum absolute atomic E-state index is 0.0102. The molecule has 0 saturated heterocycles.